The Labute approximate surface area is 113 Å². The van der Waals surface area contributed by atoms with Crippen molar-refractivity contribution in [2.75, 3.05) is 12.8 Å². The molecule has 1 atom stereocenters. The second-order valence-corrected chi connectivity index (χ2v) is 4.42. The van der Waals surface area contributed by atoms with E-state index in [1.54, 1.807) is 6.92 Å². The summed E-state index contributed by atoms with van der Waals surface area (Å²) in [5.41, 5.74) is 9.61. The maximum atomic E-state index is 11.6. The minimum absolute atomic E-state index is 0.281. The van der Waals surface area contributed by atoms with Gasteiger partial charge < -0.3 is 10.5 Å². The van der Waals surface area contributed by atoms with Crippen LogP contribution in [-0.2, 0) is 9.53 Å². The fourth-order valence-corrected chi connectivity index (χ4v) is 2.13. The van der Waals surface area contributed by atoms with Gasteiger partial charge in [-0.25, -0.2) is 0 Å². The molecular weight excluding hydrogens is 238 g/mol. The van der Waals surface area contributed by atoms with Crippen LogP contribution in [0.1, 0.15) is 18.4 Å². The Morgan fingerprint density at radius 1 is 1.11 bits per heavy atom. The van der Waals surface area contributed by atoms with Crippen molar-refractivity contribution in [2.24, 2.45) is 0 Å². The highest BCUT2D eigenvalue weighted by Gasteiger charge is 2.19. The Hall–Kier alpha value is -2.29. The number of rotatable bonds is 3. The highest BCUT2D eigenvalue weighted by atomic mass is 16.5. The molecule has 2 N–H and O–H groups in total. The second-order valence-electron chi connectivity index (χ2n) is 4.42. The Morgan fingerprint density at radius 3 is 2.42 bits per heavy atom. The van der Waals surface area contributed by atoms with Crippen LogP contribution in [-0.4, -0.2) is 13.1 Å². The molecule has 0 heterocycles. The number of hydrogen-bond donors (Lipinski definition) is 1. The van der Waals surface area contributed by atoms with Crippen molar-refractivity contribution in [1.82, 2.24) is 0 Å². The first-order chi connectivity index (χ1) is 9.15. The first kappa shape index (κ1) is 13.1. The van der Waals surface area contributed by atoms with Crippen molar-refractivity contribution in [3.8, 4) is 11.1 Å². The van der Waals surface area contributed by atoms with Gasteiger partial charge in [-0.2, -0.15) is 0 Å². The molecule has 0 amide bonds. The maximum Gasteiger partial charge on any atom is 0.312 e. The maximum absolute atomic E-state index is 11.6. The van der Waals surface area contributed by atoms with Gasteiger partial charge in [0.05, 0.1) is 13.0 Å². The fourth-order valence-electron chi connectivity index (χ4n) is 2.13. The van der Waals surface area contributed by atoms with Gasteiger partial charge in [0.1, 0.15) is 0 Å². The lowest BCUT2D eigenvalue weighted by molar-refractivity contribution is -0.141. The molecule has 3 nitrogen and oxygen atoms in total. The van der Waals surface area contributed by atoms with Gasteiger partial charge in [0.2, 0.25) is 0 Å². The third kappa shape index (κ3) is 2.60. The van der Waals surface area contributed by atoms with E-state index in [0.717, 1.165) is 16.7 Å². The predicted molar refractivity (Wildman–Crippen MR) is 76.7 cm³/mol. The zero-order valence-corrected chi connectivity index (χ0v) is 11.1. The number of methoxy groups -OCH3 is 1. The van der Waals surface area contributed by atoms with E-state index in [9.17, 15) is 4.79 Å². The van der Waals surface area contributed by atoms with E-state index in [0.29, 0.717) is 5.69 Å². The molecule has 2 rings (SSSR count). The van der Waals surface area contributed by atoms with Crippen LogP contribution in [0.3, 0.4) is 0 Å². The molecule has 98 valence electrons. The number of hydrogen-bond acceptors (Lipinski definition) is 3. The highest BCUT2D eigenvalue weighted by Crippen LogP contribution is 2.32. The molecule has 2 aromatic carbocycles. The number of nitrogens with two attached hydrogens (primary N) is 1. The summed E-state index contributed by atoms with van der Waals surface area (Å²) in [6, 6.07) is 15.6. The summed E-state index contributed by atoms with van der Waals surface area (Å²) in [7, 11) is 1.38. The number of carbonyl (C=O) groups is 1. The molecule has 3 heteroatoms. The summed E-state index contributed by atoms with van der Waals surface area (Å²) in [4.78, 5) is 11.6. The monoisotopic (exact) mass is 255 g/mol. The summed E-state index contributed by atoms with van der Waals surface area (Å²) >= 11 is 0. The highest BCUT2D eigenvalue weighted by molar-refractivity contribution is 5.85. The van der Waals surface area contributed by atoms with Crippen LogP contribution in [0.15, 0.2) is 48.5 Å². The fraction of sp³-hybridized carbons (Fsp3) is 0.188. The molecule has 0 saturated carbocycles. The van der Waals surface area contributed by atoms with Crippen LogP contribution in [0.25, 0.3) is 11.1 Å². The SMILES string of the molecule is COC(=O)C(C)c1cccc(-c2ccccc2)c1N. The molecule has 0 aromatic heterocycles. The summed E-state index contributed by atoms with van der Waals surface area (Å²) < 4.78 is 4.77. The van der Waals surface area contributed by atoms with E-state index < -0.39 is 0 Å². The molecule has 0 aliphatic rings. The van der Waals surface area contributed by atoms with Crippen molar-refractivity contribution in [3.05, 3.63) is 54.1 Å². The topological polar surface area (TPSA) is 52.3 Å². The van der Waals surface area contributed by atoms with Crippen LogP contribution in [0, 0.1) is 0 Å². The lowest BCUT2D eigenvalue weighted by Gasteiger charge is -2.15. The zero-order chi connectivity index (χ0) is 13.8. The lowest BCUT2D eigenvalue weighted by atomic mass is 9.93. The van der Waals surface area contributed by atoms with Gasteiger partial charge in [-0.15, -0.1) is 0 Å². The number of para-hydroxylation sites is 1. The number of esters is 1. The van der Waals surface area contributed by atoms with Crippen LogP contribution in [0.5, 0.6) is 0 Å². The molecule has 0 aliphatic carbocycles. The molecule has 0 spiro atoms. The molecule has 0 saturated heterocycles. The Balaban J connectivity index is 2.47. The minimum atomic E-state index is -0.367. The van der Waals surface area contributed by atoms with Gasteiger partial charge >= 0.3 is 5.97 Å². The molecule has 0 bridgehead atoms. The Bertz CT molecular complexity index is 579. The molecule has 1 unspecified atom stereocenters. The third-order valence-corrected chi connectivity index (χ3v) is 3.25. The smallest absolute Gasteiger partial charge is 0.312 e. The van der Waals surface area contributed by atoms with E-state index in [2.05, 4.69) is 0 Å². The molecule has 0 fully saturated rings. The summed E-state index contributed by atoms with van der Waals surface area (Å²) in [5.74, 6) is -0.648. The lowest BCUT2D eigenvalue weighted by Crippen LogP contribution is -2.13. The van der Waals surface area contributed by atoms with E-state index >= 15 is 0 Å². The Morgan fingerprint density at radius 2 is 1.79 bits per heavy atom. The van der Waals surface area contributed by atoms with E-state index in [1.807, 2.05) is 48.5 Å². The first-order valence-electron chi connectivity index (χ1n) is 6.16. The number of ether oxygens (including phenoxy) is 1. The van der Waals surface area contributed by atoms with Crippen molar-refractivity contribution in [2.45, 2.75) is 12.8 Å². The molecule has 0 radical (unpaired) electrons. The Kier molecular flexibility index (Phi) is 3.85. The standard InChI is InChI=1S/C16H17NO2/c1-11(16(18)19-2)13-9-6-10-14(15(13)17)12-7-4-3-5-8-12/h3-11H,17H2,1-2H3. The number of anilines is 1. The number of carbonyl (C=O) groups excluding carboxylic acids is 1. The molecule has 19 heavy (non-hydrogen) atoms. The number of nitrogen functional groups attached to an aromatic ring is 1. The average Bonchev–Trinajstić information content (AvgIpc) is 2.47. The van der Waals surface area contributed by atoms with Gasteiger partial charge in [0.15, 0.2) is 0 Å². The minimum Gasteiger partial charge on any atom is -0.469 e. The summed E-state index contributed by atoms with van der Waals surface area (Å²) in [5, 5.41) is 0. The molecular formula is C16H17NO2. The third-order valence-electron chi connectivity index (χ3n) is 3.25. The van der Waals surface area contributed by atoms with Gasteiger partial charge in [0.25, 0.3) is 0 Å². The van der Waals surface area contributed by atoms with Gasteiger partial charge in [0, 0.05) is 11.3 Å². The average molecular weight is 255 g/mol. The zero-order valence-electron chi connectivity index (χ0n) is 11.1. The molecule has 2 aromatic rings. The van der Waals surface area contributed by atoms with Crippen LogP contribution >= 0.6 is 0 Å². The van der Waals surface area contributed by atoms with Gasteiger partial charge in [-0.1, -0.05) is 48.5 Å². The van der Waals surface area contributed by atoms with Crippen molar-refractivity contribution < 1.29 is 9.53 Å². The largest absolute Gasteiger partial charge is 0.469 e. The van der Waals surface area contributed by atoms with E-state index in [1.165, 1.54) is 7.11 Å². The first-order valence-corrected chi connectivity index (χ1v) is 6.16. The van der Waals surface area contributed by atoms with Gasteiger partial charge in [-0.3, -0.25) is 4.79 Å². The van der Waals surface area contributed by atoms with Crippen LogP contribution < -0.4 is 5.73 Å². The predicted octanol–water partition coefficient (Wildman–Crippen LogP) is 3.21. The van der Waals surface area contributed by atoms with Crippen molar-refractivity contribution in [3.63, 3.8) is 0 Å². The second kappa shape index (κ2) is 5.57. The summed E-state index contributed by atoms with van der Waals surface area (Å²) in [6.45, 7) is 1.80. The van der Waals surface area contributed by atoms with Gasteiger partial charge in [-0.05, 0) is 18.1 Å². The van der Waals surface area contributed by atoms with Crippen molar-refractivity contribution >= 4 is 11.7 Å². The molecule has 0 aliphatic heterocycles. The number of benzene rings is 2. The quantitative estimate of drug-likeness (QED) is 0.676. The van der Waals surface area contributed by atoms with Crippen LogP contribution in [0.2, 0.25) is 0 Å². The van der Waals surface area contributed by atoms with E-state index in [4.69, 9.17) is 10.5 Å². The normalized spacial score (nSPS) is 11.9. The van der Waals surface area contributed by atoms with Crippen LogP contribution in [0.4, 0.5) is 5.69 Å². The van der Waals surface area contributed by atoms with Crippen molar-refractivity contribution in [1.29, 1.82) is 0 Å². The summed E-state index contributed by atoms with van der Waals surface area (Å²) in [6.07, 6.45) is 0. The van der Waals surface area contributed by atoms with E-state index in [-0.39, 0.29) is 11.9 Å².